The SMILES string of the molecule is C=CCN1CC[C@]23c4c5ccc(O)c4O[C@H]2[C@@H](N(CC)C(=O)Cc2ccc(Cl)c(Cl)c2)CC[C@@]3(O)[C@H]1C5. The van der Waals surface area contributed by atoms with Gasteiger partial charge in [0.2, 0.25) is 5.91 Å². The highest BCUT2D eigenvalue weighted by atomic mass is 35.5. The van der Waals surface area contributed by atoms with Gasteiger partial charge in [0.1, 0.15) is 6.10 Å². The molecule has 2 N–H and O–H groups in total. The normalized spacial score (nSPS) is 31.4. The summed E-state index contributed by atoms with van der Waals surface area (Å²) in [5.41, 5.74) is 1.16. The van der Waals surface area contributed by atoms with E-state index in [9.17, 15) is 15.0 Å². The van der Waals surface area contributed by atoms with Crippen LogP contribution in [0, 0.1) is 0 Å². The quantitative estimate of drug-likeness (QED) is 0.526. The molecule has 2 aromatic carbocycles. The minimum atomic E-state index is -1.02. The zero-order chi connectivity index (χ0) is 26.1. The molecule has 2 bridgehead atoms. The number of rotatable bonds is 6. The molecule has 0 aromatic heterocycles. The second kappa shape index (κ2) is 8.91. The van der Waals surface area contributed by atoms with Crippen LogP contribution < -0.4 is 4.74 Å². The van der Waals surface area contributed by atoms with E-state index in [4.69, 9.17) is 27.9 Å². The van der Waals surface area contributed by atoms with Crippen LogP contribution in [0.1, 0.15) is 42.9 Å². The van der Waals surface area contributed by atoms with Gasteiger partial charge in [0.05, 0.1) is 33.5 Å². The topological polar surface area (TPSA) is 73.2 Å². The third-order valence-corrected chi connectivity index (χ3v) is 10.0. The van der Waals surface area contributed by atoms with Crippen molar-refractivity contribution < 1.29 is 19.7 Å². The number of hydrogen-bond donors (Lipinski definition) is 2. The van der Waals surface area contributed by atoms with E-state index in [0.717, 1.165) is 23.2 Å². The summed E-state index contributed by atoms with van der Waals surface area (Å²) in [6.07, 6.45) is 4.21. The first kappa shape index (κ1) is 25.1. The van der Waals surface area contributed by atoms with Crippen molar-refractivity contribution in [3.8, 4) is 11.5 Å². The molecule has 1 saturated carbocycles. The number of ether oxygens (including phenoxy) is 1. The number of hydrogen-bond acceptors (Lipinski definition) is 5. The van der Waals surface area contributed by atoms with Crippen LogP contribution >= 0.6 is 23.2 Å². The van der Waals surface area contributed by atoms with Gasteiger partial charge in [-0.25, -0.2) is 0 Å². The van der Waals surface area contributed by atoms with Gasteiger partial charge in [-0.1, -0.05) is 41.4 Å². The van der Waals surface area contributed by atoms with E-state index in [1.54, 1.807) is 18.2 Å². The van der Waals surface area contributed by atoms with Crippen molar-refractivity contribution in [3.63, 3.8) is 0 Å². The number of phenols is 1. The molecule has 6 rings (SSSR count). The molecule has 5 atom stereocenters. The van der Waals surface area contributed by atoms with E-state index in [1.165, 1.54) is 0 Å². The van der Waals surface area contributed by atoms with E-state index >= 15 is 0 Å². The van der Waals surface area contributed by atoms with Gasteiger partial charge in [0.15, 0.2) is 11.5 Å². The van der Waals surface area contributed by atoms with Gasteiger partial charge in [-0.05, 0) is 68.5 Å². The van der Waals surface area contributed by atoms with Crippen LogP contribution in [-0.2, 0) is 23.1 Å². The van der Waals surface area contributed by atoms with E-state index in [0.29, 0.717) is 54.6 Å². The van der Waals surface area contributed by atoms with E-state index < -0.39 is 17.1 Å². The number of carbonyl (C=O) groups is 1. The Morgan fingerprint density at radius 1 is 1.27 bits per heavy atom. The van der Waals surface area contributed by atoms with Crippen molar-refractivity contribution in [2.45, 2.75) is 68.2 Å². The summed E-state index contributed by atoms with van der Waals surface area (Å²) in [5.74, 6) is 0.561. The highest BCUT2D eigenvalue weighted by Gasteiger charge is 2.73. The maximum absolute atomic E-state index is 13.7. The first-order chi connectivity index (χ1) is 17.7. The van der Waals surface area contributed by atoms with Gasteiger partial charge >= 0.3 is 0 Å². The van der Waals surface area contributed by atoms with Crippen LogP contribution in [0.4, 0.5) is 0 Å². The Bertz CT molecular complexity index is 1280. The number of likely N-dealkylation sites (N-methyl/N-ethyl adjacent to an activating group) is 1. The fourth-order valence-electron chi connectivity index (χ4n) is 7.83. The molecule has 0 radical (unpaired) electrons. The standard InChI is InChI=1S/C29H32Cl2N2O4/c1-3-12-32-13-11-28-25-18-6-8-22(34)26(25)37-27(28)21(9-10-29(28,36)23(32)16-18)33(4-2)24(35)15-17-5-7-19(30)20(31)14-17/h3,5-8,14,21,23,27,34,36H,1,4,9-13,15-16H2,2H3/t21-,23+,27-,28-,29+/m0/s1. The molecule has 1 amide bonds. The Labute approximate surface area is 227 Å². The highest BCUT2D eigenvalue weighted by molar-refractivity contribution is 6.42. The Morgan fingerprint density at radius 2 is 2.08 bits per heavy atom. The molecule has 2 heterocycles. The van der Waals surface area contributed by atoms with Crippen molar-refractivity contribution in [3.05, 3.63) is 69.7 Å². The smallest absolute Gasteiger partial charge is 0.227 e. The molecule has 2 aliphatic heterocycles. The van der Waals surface area contributed by atoms with E-state index in [-0.39, 0.29) is 30.2 Å². The lowest BCUT2D eigenvalue weighted by molar-refractivity contribution is -0.199. The summed E-state index contributed by atoms with van der Waals surface area (Å²) in [4.78, 5) is 17.9. The van der Waals surface area contributed by atoms with Crippen LogP contribution in [0.3, 0.4) is 0 Å². The molecule has 0 unspecified atom stereocenters. The fourth-order valence-corrected chi connectivity index (χ4v) is 8.15. The Kier molecular flexibility index (Phi) is 6.03. The molecule has 1 spiro atoms. The first-order valence-corrected chi connectivity index (χ1v) is 13.8. The number of amides is 1. The summed E-state index contributed by atoms with van der Waals surface area (Å²) in [7, 11) is 0. The third-order valence-electron chi connectivity index (χ3n) is 9.31. The number of piperidine rings is 1. The van der Waals surface area contributed by atoms with Gasteiger partial charge in [-0.3, -0.25) is 9.69 Å². The third kappa shape index (κ3) is 3.42. The van der Waals surface area contributed by atoms with Crippen LogP contribution in [0.2, 0.25) is 10.0 Å². The molecule has 1 saturated heterocycles. The van der Waals surface area contributed by atoms with Gasteiger partial charge in [0, 0.05) is 24.7 Å². The number of aliphatic hydroxyl groups is 1. The predicted molar refractivity (Wildman–Crippen MR) is 144 cm³/mol. The van der Waals surface area contributed by atoms with Crippen molar-refractivity contribution in [2.24, 2.45) is 0 Å². The molecular formula is C29H32Cl2N2O4. The van der Waals surface area contributed by atoms with Crippen LogP contribution in [-0.4, -0.2) is 69.3 Å². The molecule has 37 heavy (non-hydrogen) atoms. The Hall–Kier alpha value is -2.25. The maximum atomic E-state index is 13.7. The van der Waals surface area contributed by atoms with Crippen LogP contribution in [0.15, 0.2) is 43.0 Å². The largest absolute Gasteiger partial charge is 0.504 e. The first-order valence-electron chi connectivity index (χ1n) is 13.1. The van der Waals surface area contributed by atoms with E-state index in [1.807, 2.05) is 30.0 Å². The fraction of sp³-hybridized carbons (Fsp3) is 0.483. The average molecular weight is 543 g/mol. The number of likely N-dealkylation sites (tertiary alicyclic amines) is 1. The summed E-state index contributed by atoms with van der Waals surface area (Å²) in [6.45, 7) is 7.93. The highest BCUT2D eigenvalue weighted by Crippen LogP contribution is 2.65. The zero-order valence-electron chi connectivity index (χ0n) is 20.9. The van der Waals surface area contributed by atoms with Crippen molar-refractivity contribution in [1.82, 2.24) is 9.80 Å². The Balaban J connectivity index is 1.40. The van der Waals surface area contributed by atoms with Crippen LogP contribution in [0.5, 0.6) is 11.5 Å². The molecule has 2 aliphatic carbocycles. The summed E-state index contributed by atoms with van der Waals surface area (Å²) in [6, 6.07) is 8.64. The second-order valence-corrected chi connectivity index (χ2v) is 11.7. The molecule has 8 heteroatoms. The molecule has 6 nitrogen and oxygen atoms in total. The van der Waals surface area contributed by atoms with Crippen molar-refractivity contribution >= 4 is 29.1 Å². The van der Waals surface area contributed by atoms with Crippen molar-refractivity contribution in [1.29, 1.82) is 0 Å². The molecule has 2 aromatic rings. The van der Waals surface area contributed by atoms with Gasteiger partial charge < -0.3 is 19.8 Å². The number of nitrogens with zero attached hydrogens (tertiary/aromatic N) is 2. The minimum absolute atomic E-state index is 0.0202. The lowest BCUT2D eigenvalue weighted by atomic mass is 9.48. The van der Waals surface area contributed by atoms with Gasteiger partial charge in [-0.2, -0.15) is 0 Å². The summed E-state index contributed by atoms with van der Waals surface area (Å²) < 4.78 is 6.62. The lowest BCUT2D eigenvalue weighted by Gasteiger charge is -2.64. The molecule has 196 valence electrons. The van der Waals surface area contributed by atoms with Gasteiger partial charge in [-0.15, -0.1) is 6.58 Å². The molecule has 2 fully saturated rings. The number of phenolic OH excluding ortho intramolecular Hbond substituents is 1. The van der Waals surface area contributed by atoms with Gasteiger partial charge in [0.25, 0.3) is 0 Å². The maximum Gasteiger partial charge on any atom is 0.227 e. The lowest BCUT2D eigenvalue weighted by Crippen LogP contribution is -2.78. The Morgan fingerprint density at radius 3 is 2.81 bits per heavy atom. The van der Waals surface area contributed by atoms with E-state index in [2.05, 4.69) is 11.5 Å². The van der Waals surface area contributed by atoms with Crippen LogP contribution in [0.25, 0.3) is 0 Å². The minimum Gasteiger partial charge on any atom is -0.504 e. The predicted octanol–water partition coefficient (Wildman–Crippen LogP) is 4.50. The number of halogens is 2. The second-order valence-electron chi connectivity index (χ2n) is 10.8. The number of carbonyl (C=O) groups excluding carboxylic acids is 1. The average Bonchev–Trinajstić information content (AvgIpc) is 3.22. The summed E-state index contributed by atoms with van der Waals surface area (Å²) >= 11 is 12.3. The molecular weight excluding hydrogens is 511 g/mol. The monoisotopic (exact) mass is 542 g/mol. The number of benzene rings is 2. The number of aromatic hydroxyl groups is 1. The molecule has 4 aliphatic rings. The summed E-state index contributed by atoms with van der Waals surface area (Å²) in [5, 5.41) is 24.2. The zero-order valence-corrected chi connectivity index (χ0v) is 22.4. The van der Waals surface area contributed by atoms with Crippen molar-refractivity contribution in [2.75, 3.05) is 19.6 Å².